The van der Waals surface area contributed by atoms with Crippen molar-refractivity contribution in [3.8, 4) is 0 Å². The van der Waals surface area contributed by atoms with Crippen LogP contribution in [0, 0.1) is 16.0 Å². The zero-order chi connectivity index (χ0) is 20.5. The number of ether oxygens (including phenoxy) is 1. The van der Waals surface area contributed by atoms with E-state index in [0.717, 1.165) is 38.8 Å². The normalized spacial score (nSPS) is 25.3. The molecule has 2 saturated heterocycles. The van der Waals surface area contributed by atoms with Gasteiger partial charge in [-0.3, -0.25) is 24.6 Å². The summed E-state index contributed by atoms with van der Waals surface area (Å²) in [5, 5.41) is 11.0. The van der Waals surface area contributed by atoms with E-state index >= 15 is 0 Å². The quantitative estimate of drug-likeness (QED) is 0.429. The van der Waals surface area contributed by atoms with Crippen molar-refractivity contribution in [1.82, 2.24) is 9.80 Å². The van der Waals surface area contributed by atoms with Crippen LogP contribution >= 0.6 is 0 Å². The number of piperidine rings is 1. The maximum absolute atomic E-state index is 13.3. The Bertz CT molecular complexity index is 858. The van der Waals surface area contributed by atoms with Crippen LogP contribution in [0.5, 0.6) is 0 Å². The second-order valence-corrected chi connectivity index (χ2v) is 8.08. The Kier molecular flexibility index (Phi) is 5.36. The van der Waals surface area contributed by atoms with Gasteiger partial charge in [0.2, 0.25) is 0 Å². The number of carbonyl (C=O) groups is 2. The minimum Gasteiger partial charge on any atom is -0.376 e. The zero-order valence-electron chi connectivity index (χ0n) is 16.5. The smallest absolute Gasteiger partial charge is 0.277 e. The highest BCUT2D eigenvalue weighted by molar-refractivity contribution is 6.35. The average molecular weight is 399 g/mol. The van der Waals surface area contributed by atoms with Crippen molar-refractivity contribution in [2.45, 2.75) is 38.7 Å². The monoisotopic (exact) mass is 399 g/mol. The molecule has 29 heavy (non-hydrogen) atoms. The molecule has 0 spiro atoms. The summed E-state index contributed by atoms with van der Waals surface area (Å²) < 4.78 is 5.64. The van der Waals surface area contributed by atoms with Gasteiger partial charge in [0.15, 0.2) is 0 Å². The Hall–Kier alpha value is -2.74. The predicted molar refractivity (Wildman–Crippen MR) is 106 cm³/mol. The summed E-state index contributed by atoms with van der Waals surface area (Å²) >= 11 is 0. The summed E-state index contributed by atoms with van der Waals surface area (Å²) in [4.78, 5) is 40.4. The van der Waals surface area contributed by atoms with Crippen LogP contribution in [0.4, 0.5) is 5.69 Å². The first kappa shape index (κ1) is 19.6. The molecule has 2 unspecified atom stereocenters. The minimum atomic E-state index is -0.475. The molecule has 0 bridgehead atoms. The zero-order valence-corrected chi connectivity index (χ0v) is 16.5. The molecule has 8 heteroatoms. The number of nitro groups is 1. The molecule has 2 atom stereocenters. The molecule has 3 aliphatic heterocycles. The van der Waals surface area contributed by atoms with Gasteiger partial charge in [-0.05, 0) is 49.3 Å². The summed E-state index contributed by atoms with van der Waals surface area (Å²) in [6, 6.07) is 5.86. The molecule has 1 aromatic carbocycles. The van der Waals surface area contributed by atoms with E-state index in [1.165, 1.54) is 17.0 Å². The number of nitrogens with zero attached hydrogens (tertiary/aromatic N) is 3. The number of imide groups is 1. The standard InChI is InChI=1S/C21H25N3O5/c1-14-4-2-10-22(12-14)19-18(15-6-8-16(9-7-15)24(27)28)20(25)23(21(19)26)13-17-5-3-11-29-17/h6-9,14,17H,2-5,10-13H2,1H3. The SMILES string of the molecule is CC1CCCN(C2=C(c3ccc([N+](=O)[O-])cc3)C(=O)N(CC3CCCO3)C2=O)C1. The lowest BCUT2D eigenvalue weighted by Crippen LogP contribution is -2.41. The molecule has 1 aromatic rings. The fraction of sp³-hybridized carbons (Fsp3) is 0.524. The van der Waals surface area contributed by atoms with Crippen LogP contribution in [-0.2, 0) is 14.3 Å². The van der Waals surface area contributed by atoms with Crippen molar-refractivity contribution in [1.29, 1.82) is 0 Å². The molecule has 0 radical (unpaired) electrons. The number of rotatable bonds is 5. The second-order valence-electron chi connectivity index (χ2n) is 8.08. The van der Waals surface area contributed by atoms with Gasteiger partial charge < -0.3 is 9.64 Å². The van der Waals surface area contributed by atoms with Crippen LogP contribution in [-0.4, -0.2) is 58.9 Å². The number of hydrogen-bond acceptors (Lipinski definition) is 6. The third-order valence-corrected chi connectivity index (χ3v) is 5.89. The van der Waals surface area contributed by atoms with Crippen molar-refractivity contribution in [3.63, 3.8) is 0 Å². The van der Waals surface area contributed by atoms with Gasteiger partial charge in [-0.1, -0.05) is 6.92 Å². The lowest BCUT2D eigenvalue weighted by atomic mass is 9.97. The van der Waals surface area contributed by atoms with Crippen LogP contribution < -0.4 is 0 Å². The van der Waals surface area contributed by atoms with Gasteiger partial charge in [-0.15, -0.1) is 0 Å². The average Bonchev–Trinajstić information content (AvgIpc) is 3.30. The predicted octanol–water partition coefficient (Wildman–Crippen LogP) is 2.59. The molecule has 3 heterocycles. The first-order valence-corrected chi connectivity index (χ1v) is 10.2. The van der Waals surface area contributed by atoms with E-state index in [0.29, 0.717) is 29.4 Å². The van der Waals surface area contributed by atoms with Gasteiger partial charge in [-0.25, -0.2) is 0 Å². The Morgan fingerprint density at radius 1 is 1.14 bits per heavy atom. The topological polar surface area (TPSA) is 93.0 Å². The Balaban J connectivity index is 1.71. The van der Waals surface area contributed by atoms with Crippen molar-refractivity contribution in [3.05, 3.63) is 45.6 Å². The van der Waals surface area contributed by atoms with E-state index < -0.39 is 4.92 Å². The Morgan fingerprint density at radius 3 is 2.52 bits per heavy atom. The summed E-state index contributed by atoms with van der Waals surface area (Å²) in [7, 11) is 0. The van der Waals surface area contributed by atoms with Crippen molar-refractivity contribution in [2.75, 3.05) is 26.2 Å². The molecular formula is C21H25N3O5. The third kappa shape index (κ3) is 3.76. The highest BCUT2D eigenvalue weighted by atomic mass is 16.6. The van der Waals surface area contributed by atoms with Gasteiger partial charge in [-0.2, -0.15) is 0 Å². The van der Waals surface area contributed by atoms with Crippen LogP contribution in [0.15, 0.2) is 30.0 Å². The summed E-state index contributed by atoms with van der Waals surface area (Å²) in [6.45, 7) is 4.49. The largest absolute Gasteiger partial charge is 0.376 e. The Labute approximate surface area is 169 Å². The molecule has 0 aromatic heterocycles. The van der Waals surface area contributed by atoms with E-state index in [1.54, 1.807) is 12.1 Å². The number of hydrogen-bond donors (Lipinski definition) is 0. The van der Waals surface area contributed by atoms with Crippen LogP contribution in [0.2, 0.25) is 0 Å². The van der Waals surface area contributed by atoms with Crippen LogP contribution in [0.25, 0.3) is 5.57 Å². The number of likely N-dealkylation sites (tertiary alicyclic amines) is 1. The third-order valence-electron chi connectivity index (χ3n) is 5.89. The maximum Gasteiger partial charge on any atom is 0.277 e. The molecule has 0 N–H and O–H groups in total. The first-order valence-electron chi connectivity index (χ1n) is 10.2. The molecule has 154 valence electrons. The van der Waals surface area contributed by atoms with Gasteiger partial charge in [0.25, 0.3) is 17.5 Å². The number of amides is 2. The van der Waals surface area contributed by atoms with E-state index in [1.807, 2.05) is 4.90 Å². The van der Waals surface area contributed by atoms with E-state index in [9.17, 15) is 19.7 Å². The summed E-state index contributed by atoms with van der Waals surface area (Å²) in [5.41, 5.74) is 1.26. The van der Waals surface area contributed by atoms with E-state index in [4.69, 9.17) is 4.74 Å². The lowest BCUT2D eigenvalue weighted by molar-refractivity contribution is -0.384. The molecule has 0 saturated carbocycles. The maximum atomic E-state index is 13.3. The highest BCUT2D eigenvalue weighted by Gasteiger charge is 2.43. The molecular weight excluding hydrogens is 374 g/mol. The Morgan fingerprint density at radius 2 is 1.90 bits per heavy atom. The van der Waals surface area contributed by atoms with Crippen molar-refractivity contribution >= 4 is 23.1 Å². The van der Waals surface area contributed by atoms with Crippen molar-refractivity contribution < 1.29 is 19.2 Å². The molecule has 0 aliphatic carbocycles. The molecule has 2 amide bonds. The van der Waals surface area contributed by atoms with Crippen molar-refractivity contribution in [2.24, 2.45) is 5.92 Å². The van der Waals surface area contributed by atoms with E-state index in [-0.39, 0.29) is 30.2 Å². The molecule has 8 nitrogen and oxygen atoms in total. The first-order chi connectivity index (χ1) is 14.0. The molecule has 4 rings (SSSR count). The lowest BCUT2D eigenvalue weighted by Gasteiger charge is -2.33. The molecule has 3 aliphatic rings. The fourth-order valence-corrected chi connectivity index (χ4v) is 4.42. The van der Waals surface area contributed by atoms with Gasteiger partial charge in [0.05, 0.1) is 23.1 Å². The molecule has 2 fully saturated rings. The highest BCUT2D eigenvalue weighted by Crippen LogP contribution is 2.35. The van der Waals surface area contributed by atoms with Crippen LogP contribution in [0.1, 0.15) is 38.2 Å². The number of carbonyl (C=O) groups excluding carboxylic acids is 2. The number of non-ortho nitro benzene ring substituents is 1. The minimum absolute atomic E-state index is 0.0459. The number of nitro benzene ring substituents is 1. The number of benzene rings is 1. The van der Waals surface area contributed by atoms with Crippen LogP contribution in [0.3, 0.4) is 0 Å². The summed E-state index contributed by atoms with van der Waals surface area (Å²) in [6.07, 6.45) is 3.70. The summed E-state index contributed by atoms with van der Waals surface area (Å²) in [5.74, 6) is -0.190. The fourth-order valence-electron chi connectivity index (χ4n) is 4.42. The van der Waals surface area contributed by atoms with Gasteiger partial charge >= 0.3 is 0 Å². The van der Waals surface area contributed by atoms with Gasteiger partial charge in [0, 0.05) is 31.8 Å². The van der Waals surface area contributed by atoms with Gasteiger partial charge in [0.1, 0.15) is 5.70 Å². The van der Waals surface area contributed by atoms with E-state index in [2.05, 4.69) is 6.92 Å². The second kappa shape index (κ2) is 7.94.